The molecule has 13 heavy (non-hydrogen) atoms. The number of halogens is 2. The fraction of sp³-hybridized carbons (Fsp3) is 0.400. The highest BCUT2D eigenvalue weighted by Crippen LogP contribution is 2.19. The summed E-state index contributed by atoms with van der Waals surface area (Å²) in [5.74, 6) is -1.22. The Morgan fingerprint density at radius 1 is 1.31 bits per heavy atom. The molecule has 1 nitrogen and oxygen atoms in total. The van der Waals surface area contributed by atoms with Crippen LogP contribution >= 0.6 is 0 Å². The fourth-order valence-electron chi connectivity index (χ4n) is 1.21. The van der Waals surface area contributed by atoms with Gasteiger partial charge in [0, 0.05) is 6.07 Å². The molecular formula is C10H13F2N. The van der Waals surface area contributed by atoms with Crippen LogP contribution in [0, 0.1) is 11.6 Å². The first-order chi connectivity index (χ1) is 6.15. The van der Waals surface area contributed by atoms with Crippen molar-refractivity contribution in [3.05, 3.63) is 29.3 Å². The quantitative estimate of drug-likeness (QED) is 0.720. The van der Waals surface area contributed by atoms with Gasteiger partial charge in [-0.05, 0) is 24.5 Å². The molecule has 1 rings (SSSR count). The maximum Gasteiger partial charge on any atom is 0.149 e. The minimum Gasteiger partial charge on any atom is -0.396 e. The van der Waals surface area contributed by atoms with Gasteiger partial charge in [0.25, 0.3) is 0 Å². The van der Waals surface area contributed by atoms with Gasteiger partial charge in [-0.15, -0.1) is 0 Å². The maximum atomic E-state index is 12.9. The molecule has 0 unspecified atom stereocenters. The zero-order valence-corrected chi connectivity index (χ0v) is 7.61. The molecule has 0 spiro atoms. The highest BCUT2D eigenvalue weighted by molar-refractivity contribution is 5.48. The van der Waals surface area contributed by atoms with Crippen LogP contribution in [-0.4, -0.2) is 0 Å². The van der Waals surface area contributed by atoms with Crippen molar-refractivity contribution in [2.45, 2.75) is 26.2 Å². The molecule has 0 aliphatic heterocycles. The van der Waals surface area contributed by atoms with E-state index in [2.05, 4.69) is 0 Å². The van der Waals surface area contributed by atoms with Crippen LogP contribution in [0.4, 0.5) is 14.5 Å². The number of anilines is 1. The van der Waals surface area contributed by atoms with E-state index >= 15 is 0 Å². The number of nitrogen functional groups attached to an aromatic ring is 1. The summed E-state index contributed by atoms with van der Waals surface area (Å²) in [5, 5.41) is 0. The normalized spacial score (nSPS) is 10.4. The number of unbranched alkanes of at least 4 members (excludes halogenated alkanes) is 1. The molecule has 0 aliphatic carbocycles. The van der Waals surface area contributed by atoms with Crippen molar-refractivity contribution < 1.29 is 8.78 Å². The van der Waals surface area contributed by atoms with Crippen molar-refractivity contribution >= 4 is 5.69 Å². The van der Waals surface area contributed by atoms with Gasteiger partial charge in [0.15, 0.2) is 0 Å². The zero-order valence-electron chi connectivity index (χ0n) is 7.61. The van der Waals surface area contributed by atoms with Gasteiger partial charge in [-0.25, -0.2) is 8.78 Å². The van der Waals surface area contributed by atoms with Crippen LogP contribution in [0.25, 0.3) is 0 Å². The lowest BCUT2D eigenvalue weighted by atomic mass is 10.1. The number of aryl methyl sites for hydroxylation is 1. The molecule has 1 aromatic rings. The largest absolute Gasteiger partial charge is 0.396 e. The smallest absolute Gasteiger partial charge is 0.149 e. The van der Waals surface area contributed by atoms with Gasteiger partial charge in [-0.3, -0.25) is 0 Å². The van der Waals surface area contributed by atoms with E-state index in [0.717, 1.165) is 18.9 Å². The Labute approximate surface area is 76.6 Å². The fourth-order valence-corrected chi connectivity index (χ4v) is 1.21. The second-order valence-corrected chi connectivity index (χ2v) is 3.06. The second kappa shape index (κ2) is 4.21. The summed E-state index contributed by atoms with van der Waals surface area (Å²) in [5.41, 5.74) is 6.10. The molecule has 0 aromatic heterocycles. The summed E-state index contributed by atoms with van der Waals surface area (Å²) in [6.07, 6.45) is 2.52. The Morgan fingerprint density at radius 3 is 2.62 bits per heavy atom. The van der Waals surface area contributed by atoms with Crippen molar-refractivity contribution in [2.75, 3.05) is 5.73 Å². The molecular weight excluding hydrogens is 172 g/mol. The van der Waals surface area contributed by atoms with Crippen molar-refractivity contribution in [1.82, 2.24) is 0 Å². The van der Waals surface area contributed by atoms with Gasteiger partial charge in [-0.2, -0.15) is 0 Å². The minimum absolute atomic E-state index is 0.0786. The third-order valence-electron chi connectivity index (χ3n) is 1.98. The zero-order chi connectivity index (χ0) is 9.84. The molecule has 3 heteroatoms. The minimum atomic E-state index is -0.661. The number of benzene rings is 1. The Balaban J connectivity index is 2.92. The van der Waals surface area contributed by atoms with Gasteiger partial charge in [0.1, 0.15) is 11.6 Å². The van der Waals surface area contributed by atoms with E-state index in [4.69, 9.17) is 5.73 Å². The van der Waals surface area contributed by atoms with Crippen LogP contribution in [0.1, 0.15) is 25.3 Å². The van der Waals surface area contributed by atoms with E-state index in [-0.39, 0.29) is 5.69 Å². The van der Waals surface area contributed by atoms with Crippen LogP contribution in [0.2, 0.25) is 0 Å². The topological polar surface area (TPSA) is 26.0 Å². The predicted molar refractivity (Wildman–Crippen MR) is 49.4 cm³/mol. The Bertz CT molecular complexity index is 297. The number of hydrogen-bond acceptors (Lipinski definition) is 1. The average Bonchev–Trinajstić information content (AvgIpc) is 2.09. The average molecular weight is 185 g/mol. The number of rotatable bonds is 3. The maximum absolute atomic E-state index is 12.9. The molecule has 0 bridgehead atoms. The summed E-state index contributed by atoms with van der Waals surface area (Å²) in [4.78, 5) is 0. The Morgan fingerprint density at radius 2 is 2.00 bits per heavy atom. The first-order valence-corrected chi connectivity index (χ1v) is 4.38. The molecule has 0 amide bonds. The van der Waals surface area contributed by atoms with Gasteiger partial charge < -0.3 is 5.73 Å². The lowest BCUT2D eigenvalue weighted by molar-refractivity contribution is 0.582. The molecule has 2 N–H and O–H groups in total. The monoisotopic (exact) mass is 185 g/mol. The van der Waals surface area contributed by atoms with E-state index in [1.54, 1.807) is 0 Å². The number of nitrogens with two attached hydrogens (primary N) is 1. The van der Waals surface area contributed by atoms with E-state index < -0.39 is 11.6 Å². The van der Waals surface area contributed by atoms with Gasteiger partial charge in [-0.1, -0.05) is 13.3 Å². The van der Waals surface area contributed by atoms with Crippen molar-refractivity contribution in [3.63, 3.8) is 0 Å². The van der Waals surface area contributed by atoms with Crippen molar-refractivity contribution in [3.8, 4) is 0 Å². The lowest BCUT2D eigenvalue weighted by Gasteiger charge is -2.05. The third kappa shape index (κ3) is 2.41. The number of hydrogen-bond donors (Lipinski definition) is 1. The highest BCUT2D eigenvalue weighted by atomic mass is 19.1. The third-order valence-corrected chi connectivity index (χ3v) is 1.98. The summed E-state index contributed by atoms with van der Waals surface area (Å²) in [6.45, 7) is 2.02. The molecule has 1 aromatic carbocycles. The molecule has 0 aliphatic rings. The summed E-state index contributed by atoms with van der Waals surface area (Å²) < 4.78 is 25.6. The molecule has 0 heterocycles. The summed E-state index contributed by atoms with van der Waals surface area (Å²) in [6, 6.07) is 2.11. The highest BCUT2D eigenvalue weighted by Gasteiger charge is 2.06. The van der Waals surface area contributed by atoms with Crippen LogP contribution in [0.3, 0.4) is 0 Å². The second-order valence-electron chi connectivity index (χ2n) is 3.06. The molecule has 72 valence electrons. The Kier molecular flexibility index (Phi) is 3.23. The van der Waals surface area contributed by atoms with Crippen molar-refractivity contribution in [2.24, 2.45) is 0 Å². The molecule has 0 saturated carbocycles. The standard InChI is InChI=1S/C10H13F2N/c1-2-3-4-7-5-8(11)6-9(12)10(7)13/h5-6H,2-4,13H2,1H3. The van der Waals surface area contributed by atoms with E-state index in [1.165, 1.54) is 6.07 Å². The SMILES string of the molecule is CCCCc1cc(F)cc(F)c1N. The molecule has 0 atom stereocenters. The van der Waals surface area contributed by atoms with Gasteiger partial charge in [0.05, 0.1) is 5.69 Å². The van der Waals surface area contributed by atoms with Gasteiger partial charge in [0.2, 0.25) is 0 Å². The Hall–Kier alpha value is -1.12. The molecule has 0 saturated heterocycles. The van der Waals surface area contributed by atoms with E-state index in [9.17, 15) is 8.78 Å². The van der Waals surface area contributed by atoms with Crippen LogP contribution in [0.15, 0.2) is 12.1 Å². The van der Waals surface area contributed by atoms with E-state index in [0.29, 0.717) is 12.0 Å². The van der Waals surface area contributed by atoms with Crippen LogP contribution < -0.4 is 5.73 Å². The lowest BCUT2D eigenvalue weighted by Crippen LogP contribution is -1.99. The molecule has 0 fully saturated rings. The van der Waals surface area contributed by atoms with Crippen LogP contribution in [0.5, 0.6) is 0 Å². The van der Waals surface area contributed by atoms with Gasteiger partial charge >= 0.3 is 0 Å². The predicted octanol–water partition coefficient (Wildman–Crippen LogP) is 2.89. The first-order valence-electron chi connectivity index (χ1n) is 4.38. The molecule has 0 radical (unpaired) electrons. The summed E-state index contributed by atoms with van der Waals surface area (Å²) in [7, 11) is 0. The van der Waals surface area contributed by atoms with E-state index in [1.807, 2.05) is 6.92 Å². The van der Waals surface area contributed by atoms with Crippen molar-refractivity contribution in [1.29, 1.82) is 0 Å². The first kappa shape index (κ1) is 9.96. The van der Waals surface area contributed by atoms with Crippen LogP contribution in [-0.2, 0) is 6.42 Å². The summed E-state index contributed by atoms with van der Waals surface area (Å²) >= 11 is 0.